The molecule has 8 heteroatoms. The number of carbonyl (C=O) groups is 1. The smallest absolute Gasteiger partial charge is 0.313 e. The van der Waals surface area contributed by atoms with Crippen LogP contribution in [0.25, 0.3) is 0 Å². The maximum atomic E-state index is 11.0. The number of aromatic nitrogens is 1. The molecule has 102 valence electrons. The number of halogens is 1. The number of nitrogens with zero attached hydrogens (tertiary/aromatic N) is 3. The maximum Gasteiger partial charge on any atom is 0.313 e. The Morgan fingerprint density at radius 2 is 2.16 bits per heavy atom. The molecule has 1 aliphatic rings. The third kappa shape index (κ3) is 2.93. The zero-order valence-corrected chi connectivity index (χ0v) is 10.7. The molecular formula is C11H12ClN3O4. The van der Waals surface area contributed by atoms with Crippen LogP contribution in [0.1, 0.15) is 12.8 Å². The van der Waals surface area contributed by atoms with Gasteiger partial charge in [0.1, 0.15) is 0 Å². The molecule has 19 heavy (non-hydrogen) atoms. The van der Waals surface area contributed by atoms with E-state index in [2.05, 4.69) is 4.98 Å². The van der Waals surface area contributed by atoms with Gasteiger partial charge in [0, 0.05) is 25.4 Å². The summed E-state index contributed by atoms with van der Waals surface area (Å²) in [4.78, 5) is 27.0. The summed E-state index contributed by atoms with van der Waals surface area (Å²) in [7, 11) is 0. The Morgan fingerprint density at radius 1 is 1.53 bits per heavy atom. The Bertz CT molecular complexity index is 515. The van der Waals surface area contributed by atoms with Crippen LogP contribution in [0.3, 0.4) is 0 Å². The molecule has 2 heterocycles. The van der Waals surface area contributed by atoms with Crippen molar-refractivity contribution >= 4 is 29.1 Å². The van der Waals surface area contributed by atoms with Crippen LogP contribution in [0.4, 0.5) is 11.5 Å². The zero-order chi connectivity index (χ0) is 14.0. The third-order valence-electron chi connectivity index (χ3n) is 3.15. The van der Waals surface area contributed by atoms with Gasteiger partial charge in [0.25, 0.3) is 0 Å². The van der Waals surface area contributed by atoms with Crippen molar-refractivity contribution in [3.63, 3.8) is 0 Å². The molecule has 1 saturated heterocycles. The standard InChI is InChI=1S/C11H12ClN3O4/c12-8-5-9(15(18)19)10(13-6-8)14-3-1-7(2-4-14)11(16)17/h5-7H,1-4H2,(H,16,17). The zero-order valence-electron chi connectivity index (χ0n) is 9.95. The van der Waals surface area contributed by atoms with Crippen molar-refractivity contribution in [2.75, 3.05) is 18.0 Å². The van der Waals surface area contributed by atoms with Crippen LogP contribution in [0.15, 0.2) is 12.3 Å². The van der Waals surface area contributed by atoms with Gasteiger partial charge in [-0.15, -0.1) is 0 Å². The number of carboxylic acid groups (broad SMARTS) is 1. The molecule has 0 amide bonds. The molecule has 1 aliphatic heterocycles. The highest BCUT2D eigenvalue weighted by atomic mass is 35.5. The Balaban J connectivity index is 2.20. The third-order valence-corrected chi connectivity index (χ3v) is 3.36. The predicted octanol–water partition coefficient (Wildman–Crippen LogP) is 1.94. The molecule has 1 N–H and O–H groups in total. The second-order valence-electron chi connectivity index (χ2n) is 4.35. The quantitative estimate of drug-likeness (QED) is 0.673. The summed E-state index contributed by atoms with van der Waals surface area (Å²) in [6.07, 6.45) is 2.26. The molecule has 0 radical (unpaired) electrons. The van der Waals surface area contributed by atoms with Crippen LogP contribution in [0.2, 0.25) is 5.02 Å². The van der Waals surface area contributed by atoms with E-state index in [1.807, 2.05) is 0 Å². The molecule has 0 atom stereocenters. The number of carboxylic acids is 1. The largest absolute Gasteiger partial charge is 0.481 e. The first-order chi connectivity index (χ1) is 8.99. The van der Waals surface area contributed by atoms with Crippen LogP contribution in [0, 0.1) is 16.0 Å². The monoisotopic (exact) mass is 285 g/mol. The van der Waals surface area contributed by atoms with Gasteiger partial charge in [-0.25, -0.2) is 4.98 Å². The lowest BCUT2D eigenvalue weighted by molar-refractivity contribution is -0.384. The summed E-state index contributed by atoms with van der Waals surface area (Å²) in [6.45, 7) is 0.874. The number of hydrogen-bond donors (Lipinski definition) is 1. The second kappa shape index (κ2) is 5.40. The number of anilines is 1. The van der Waals surface area contributed by atoms with Crippen molar-refractivity contribution in [2.45, 2.75) is 12.8 Å². The number of aliphatic carboxylic acids is 1. The van der Waals surface area contributed by atoms with E-state index in [0.717, 1.165) is 0 Å². The van der Waals surface area contributed by atoms with E-state index in [4.69, 9.17) is 16.7 Å². The van der Waals surface area contributed by atoms with E-state index in [-0.39, 0.29) is 22.4 Å². The average molecular weight is 286 g/mol. The highest BCUT2D eigenvalue weighted by Gasteiger charge is 2.29. The molecule has 2 rings (SSSR count). The number of piperidine rings is 1. The summed E-state index contributed by atoms with van der Waals surface area (Å²) in [5.74, 6) is -0.959. The summed E-state index contributed by atoms with van der Waals surface area (Å²) in [5.41, 5.74) is -0.152. The summed E-state index contributed by atoms with van der Waals surface area (Å²) in [5, 5.41) is 20.1. The first-order valence-electron chi connectivity index (χ1n) is 5.76. The molecule has 7 nitrogen and oxygen atoms in total. The maximum absolute atomic E-state index is 11.0. The molecule has 0 aromatic carbocycles. The summed E-state index contributed by atoms with van der Waals surface area (Å²) in [6, 6.07) is 1.26. The molecule has 0 saturated carbocycles. The fraction of sp³-hybridized carbons (Fsp3) is 0.455. The van der Waals surface area contributed by atoms with Gasteiger partial charge in [0.05, 0.1) is 15.9 Å². The minimum absolute atomic E-state index is 0.152. The lowest BCUT2D eigenvalue weighted by Crippen LogP contribution is -2.37. The Hall–Kier alpha value is -1.89. The second-order valence-corrected chi connectivity index (χ2v) is 4.79. The van der Waals surface area contributed by atoms with Crippen molar-refractivity contribution in [1.82, 2.24) is 4.98 Å². The van der Waals surface area contributed by atoms with Crippen molar-refractivity contribution in [3.05, 3.63) is 27.4 Å². The van der Waals surface area contributed by atoms with E-state index in [1.54, 1.807) is 4.90 Å². The normalized spacial score (nSPS) is 16.4. The topological polar surface area (TPSA) is 96.6 Å². The van der Waals surface area contributed by atoms with Gasteiger partial charge in [-0.3, -0.25) is 14.9 Å². The number of pyridine rings is 1. The lowest BCUT2D eigenvalue weighted by Gasteiger charge is -2.30. The van der Waals surface area contributed by atoms with Crippen LogP contribution in [-0.2, 0) is 4.79 Å². The molecule has 1 aromatic heterocycles. The van der Waals surface area contributed by atoms with E-state index in [1.165, 1.54) is 12.3 Å². The highest BCUT2D eigenvalue weighted by molar-refractivity contribution is 6.30. The number of nitro groups is 1. The lowest BCUT2D eigenvalue weighted by atomic mass is 9.97. The molecule has 0 unspecified atom stereocenters. The number of rotatable bonds is 3. The van der Waals surface area contributed by atoms with E-state index < -0.39 is 10.9 Å². The fourth-order valence-corrected chi connectivity index (χ4v) is 2.29. The molecule has 0 bridgehead atoms. The first kappa shape index (κ1) is 13.5. The fourth-order valence-electron chi connectivity index (χ4n) is 2.14. The Labute approximate surface area is 114 Å². The van der Waals surface area contributed by atoms with Gasteiger partial charge in [0.15, 0.2) is 0 Å². The average Bonchev–Trinajstić information content (AvgIpc) is 2.38. The predicted molar refractivity (Wildman–Crippen MR) is 68.5 cm³/mol. The van der Waals surface area contributed by atoms with Crippen molar-refractivity contribution < 1.29 is 14.8 Å². The van der Waals surface area contributed by atoms with Crippen LogP contribution >= 0.6 is 11.6 Å². The summed E-state index contributed by atoms with van der Waals surface area (Å²) < 4.78 is 0. The Kier molecular flexibility index (Phi) is 3.84. The summed E-state index contributed by atoms with van der Waals surface area (Å²) >= 11 is 5.70. The SMILES string of the molecule is O=C(O)C1CCN(c2ncc(Cl)cc2[N+](=O)[O-])CC1. The van der Waals surface area contributed by atoms with Crippen molar-refractivity contribution in [3.8, 4) is 0 Å². The van der Waals surface area contributed by atoms with E-state index in [9.17, 15) is 14.9 Å². The van der Waals surface area contributed by atoms with Gasteiger partial charge >= 0.3 is 11.7 Å². The van der Waals surface area contributed by atoms with Gasteiger partial charge in [-0.05, 0) is 12.8 Å². The molecule has 1 aromatic rings. The molecule has 1 fully saturated rings. The van der Waals surface area contributed by atoms with Crippen LogP contribution in [-0.4, -0.2) is 34.1 Å². The van der Waals surface area contributed by atoms with Crippen molar-refractivity contribution in [1.29, 1.82) is 0 Å². The van der Waals surface area contributed by atoms with Gasteiger partial charge in [0.2, 0.25) is 5.82 Å². The van der Waals surface area contributed by atoms with E-state index >= 15 is 0 Å². The van der Waals surface area contributed by atoms with Crippen molar-refractivity contribution in [2.24, 2.45) is 5.92 Å². The van der Waals surface area contributed by atoms with Gasteiger partial charge in [-0.1, -0.05) is 11.6 Å². The van der Waals surface area contributed by atoms with Gasteiger partial charge < -0.3 is 10.0 Å². The minimum Gasteiger partial charge on any atom is -0.481 e. The van der Waals surface area contributed by atoms with Gasteiger partial charge in [-0.2, -0.15) is 0 Å². The Morgan fingerprint density at radius 3 is 2.68 bits per heavy atom. The number of hydrogen-bond acceptors (Lipinski definition) is 5. The minimum atomic E-state index is -0.821. The molecular weight excluding hydrogens is 274 g/mol. The molecule has 0 aliphatic carbocycles. The van der Waals surface area contributed by atoms with E-state index in [0.29, 0.717) is 25.9 Å². The first-order valence-corrected chi connectivity index (χ1v) is 6.14. The highest BCUT2D eigenvalue weighted by Crippen LogP contribution is 2.31. The van der Waals surface area contributed by atoms with Crippen LogP contribution < -0.4 is 4.90 Å². The molecule has 0 spiro atoms. The van der Waals surface area contributed by atoms with Crippen LogP contribution in [0.5, 0.6) is 0 Å².